The smallest absolute Gasteiger partial charge is 0.407 e. The minimum atomic E-state index is -0.866. The van der Waals surface area contributed by atoms with Gasteiger partial charge in [0.25, 0.3) is 11.8 Å². The lowest BCUT2D eigenvalue weighted by molar-refractivity contribution is 0.0647. The van der Waals surface area contributed by atoms with Crippen LogP contribution in [-0.4, -0.2) is 52.4 Å². The van der Waals surface area contributed by atoms with Gasteiger partial charge < -0.3 is 10.0 Å². The van der Waals surface area contributed by atoms with Crippen LogP contribution in [0.15, 0.2) is 24.3 Å². The maximum atomic E-state index is 12.2. The average Bonchev–Trinajstić information content (AvgIpc) is 2.80. The predicted octanol–water partition coefficient (Wildman–Crippen LogP) is 2.45. The van der Waals surface area contributed by atoms with E-state index in [1.807, 2.05) is 0 Å². The van der Waals surface area contributed by atoms with Crippen molar-refractivity contribution in [3.8, 4) is 0 Å². The number of piperidine rings is 1. The molecule has 1 aromatic rings. The number of nitrogens with zero attached hydrogens (tertiary/aromatic N) is 2. The monoisotopic (exact) mass is 316 g/mol. The van der Waals surface area contributed by atoms with Crippen LogP contribution in [0.5, 0.6) is 0 Å². The Bertz CT molecular complexity index is 608. The highest BCUT2D eigenvalue weighted by molar-refractivity contribution is 6.21. The van der Waals surface area contributed by atoms with Crippen molar-refractivity contribution in [3.63, 3.8) is 0 Å². The Morgan fingerprint density at radius 3 is 2.43 bits per heavy atom. The Morgan fingerprint density at radius 1 is 1.17 bits per heavy atom. The Labute approximate surface area is 134 Å². The Balaban J connectivity index is 1.53. The van der Waals surface area contributed by atoms with Crippen molar-refractivity contribution >= 4 is 17.9 Å². The SMILES string of the molecule is O=C(O)N1CCCC(CCCN2C(=O)c3ccccc3C2=O)C1. The molecule has 1 N–H and O–H groups in total. The van der Waals surface area contributed by atoms with Crippen molar-refractivity contribution in [3.05, 3.63) is 35.4 Å². The number of amides is 3. The normalized spacial score (nSPS) is 20.8. The zero-order valence-electron chi connectivity index (χ0n) is 12.9. The Kier molecular flexibility index (Phi) is 4.32. The molecule has 0 aromatic heterocycles. The number of carboxylic acid groups (broad SMARTS) is 1. The molecule has 2 heterocycles. The van der Waals surface area contributed by atoms with Gasteiger partial charge in [0, 0.05) is 19.6 Å². The molecule has 3 rings (SSSR count). The Morgan fingerprint density at radius 2 is 1.83 bits per heavy atom. The fourth-order valence-electron chi connectivity index (χ4n) is 3.45. The molecular weight excluding hydrogens is 296 g/mol. The molecule has 0 radical (unpaired) electrons. The lowest BCUT2D eigenvalue weighted by atomic mass is 9.93. The summed E-state index contributed by atoms with van der Waals surface area (Å²) in [5.41, 5.74) is 0.958. The molecule has 0 bridgehead atoms. The molecule has 2 aliphatic rings. The van der Waals surface area contributed by atoms with E-state index in [9.17, 15) is 14.4 Å². The maximum Gasteiger partial charge on any atom is 0.407 e. The zero-order valence-corrected chi connectivity index (χ0v) is 12.9. The van der Waals surface area contributed by atoms with Crippen molar-refractivity contribution < 1.29 is 19.5 Å². The largest absolute Gasteiger partial charge is 0.465 e. The third-order valence-electron chi connectivity index (χ3n) is 4.66. The van der Waals surface area contributed by atoms with Gasteiger partial charge in [-0.1, -0.05) is 12.1 Å². The van der Waals surface area contributed by atoms with Gasteiger partial charge in [-0.25, -0.2) is 4.79 Å². The molecule has 3 amide bonds. The number of fused-ring (bicyclic) bond motifs is 1. The first-order chi connectivity index (χ1) is 11.1. The summed E-state index contributed by atoms with van der Waals surface area (Å²) in [6.45, 7) is 1.55. The summed E-state index contributed by atoms with van der Waals surface area (Å²) in [6, 6.07) is 6.88. The van der Waals surface area contributed by atoms with E-state index in [0.29, 0.717) is 43.1 Å². The van der Waals surface area contributed by atoms with E-state index >= 15 is 0 Å². The van der Waals surface area contributed by atoms with E-state index in [2.05, 4.69) is 0 Å². The highest BCUT2D eigenvalue weighted by Gasteiger charge is 2.34. The summed E-state index contributed by atoms with van der Waals surface area (Å²) in [7, 11) is 0. The van der Waals surface area contributed by atoms with Gasteiger partial charge in [0.1, 0.15) is 0 Å². The molecule has 1 fully saturated rings. The van der Waals surface area contributed by atoms with Crippen LogP contribution in [0.1, 0.15) is 46.4 Å². The molecule has 0 saturated carbocycles. The first kappa shape index (κ1) is 15.5. The van der Waals surface area contributed by atoms with Crippen LogP contribution < -0.4 is 0 Å². The molecule has 1 saturated heterocycles. The lowest BCUT2D eigenvalue weighted by Gasteiger charge is -2.31. The summed E-state index contributed by atoms with van der Waals surface area (Å²) in [4.78, 5) is 38.3. The van der Waals surface area contributed by atoms with Gasteiger partial charge in [0.15, 0.2) is 0 Å². The summed E-state index contributed by atoms with van der Waals surface area (Å²) < 4.78 is 0. The van der Waals surface area contributed by atoms with Crippen LogP contribution >= 0.6 is 0 Å². The van der Waals surface area contributed by atoms with Crippen molar-refractivity contribution in [2.24, 2.45) is 5.92 Å². The van der Waals surface area contributed by atoms with E-state index in [-0.39, 0.29) is 11.8 Å². The number of benzene rings is 1. The van der Waals surface area contributed by atoms with Crippen LogP contribution in [-0.2, 0) is 0 Å². The summed E-state index contributed by atoms with van der Waals surface area (Å²) in [6.07, 6.45) is 2.56. The van der Waals surface area contributed by atoms with Gasteiger partial charge in [-0.3, -0.25) is 14.5 Å². The standard InChI is InChI=1S/C17H20N2O4/c20-15-13-7-1-2-8-14(13)16(21)19(15)10-4-6-12-5-3-9-18(11-12)17(22)23/h1-2,7-8,12H,3-6,9-11H2,(H,22,23). The molecule has 1 aromatic carbocycles. The summed E-state index contributed by atoms with van der Waals surface area (Å²) >= 11 is 0. The minimum Gasteiger partial charge on any atom is -0.465 e. The Hall–Kier alpha value is -2.37. The van der Waals surface area contributed by atoms with Gasteiger partial charge in [-0.05, 0) is 43.7 Å². The molecule has 0 aliphatic carbocycles. The van der Waals surface area contributed by atoms with Crippen LogP contribution in [0, 0.1) is 5.92 Å². The molecule has 2 aliphatic heterocycles. The molecule has 1 unspecified atom stereocenters. The quantitative estimate of drug-likeness (QED) is 0.866. The van der Waals surface area contributed by atoms with Gasteiger partial charge in [-0.2, -0.15) is 0 Å². The second-order valence-electron chi connectivity index (χ2n) is 6.19. The van der Waals surface area contributed by atoms with Gasteiger partial charge in [-0.15, -0.1) is 0 Å². The van der Waals surface area contributed by atoms with Gasteiger partial charge in [0.2, 0.25) is 0 Å². The first-order valence-electron chi connectivity index (χ1n) is 8.01. The van der Waals surface area contributed by atoms with Crippen LogP contribution in [0.25, 0.3) is 0 Å². The topological polar surface area (TPSA) is 77.9 Å². The summed E-state index contributed by atoms with van der Waals surface area (Å²) in [5.74, 6) is -0.127. The molecule has 23 heavy (non-hydrogen) atoms. The van der Waals surface area contributed by atoms with Crippen molar-refractivity contribution in [1.82, 2.24) is 9.80 Å². The number of imide groups is 1. The maximum absolute atomic E-state index is 12.2. The van der Waals surface area contributed by atoms with Crippen LogP contribution in [0.3, 0.4) is 0 Å². The second-order valence-corrected chi connectivity index (χ2v) is 6.19. The number of likely N-dealkylation sites (tertiary alicyclic amines) is 1. The molecule has 1 atom stereocenters. The lowest BCUT2D eigenvalue weighted by Crippen LogP contribution is -2.39. The average molecular weight is 316 g/mol. The molecular formula is C17H20N2O4. The molecule has 0 spiro atoms. The van der Waals surface area contributed by atoms with E-state index in [4.69, 9.17) is 5.11 Å². The highest BCUT2D eigenvalue weighted by Crippen LogP contribution is 2.25. The van der Waals surface area contributed by atoms with Crippen LogP contribution in [0.2, 0.25) is 0 Å². The first-order valence-corrected chi connectivity index (χ1v) is 8.01. The third kappa shape index (κ3) is 3.06. The van der Waals surface area contributed by atoms with Crippen LogP contribution in [0.4, 0.5) is 4.79 Å². The third-order valence-corrected chi connectivity index (χ3v) is 4.66. The number of carbonyl (C=O) groups excluding carboxylic acids is 2. The second kappa shape index (κ2) is 6.40. The van der Waals surface area contributed by atoms with Gasteiger partial charge >= 0.3 is 6.09 Å². The number of rotatable bonds is 4. The number of carbonyl (C=O) groups is 3. The molecule has 6 heteroatoms. The highest BCUT2D eigenvalue weighted by atomic mass is 16.4. The van der Waals surface area contributed by atoms with E-state index in [1.165, 1.54) is 9.80 Å². The number of hydrogen-bond donors (Lipinski definition) is 1. The molecule has 6 nitrogen and oxygen atoms in total. The zero-order chi connectivity index (χ0) is 16.4. The van der Waals surface area contributed by atoms with Crippen molar-refractivity contribution in [2.75, 3.05) is 19.6 Å². The summed E-state index contributed by atoms with van der Waals surface area (Å²) in [5, 5.41) is 9.05. The van der Waals surface area contributed by atoms with Crippen molar-refractivity contribution in [1.29, 1.82) is 0 Å². The minimum absolute atomic E-state index is 0.221. The fraction of sp³-hybridized carbons (Fsp3) is 0.471. The van der Waals surface area contributed by atoms with Gasteiger partial charge in [0.05, 0.1) is 11.1 Å². The number of hydrogen-bond acceptors (Lipinski definition) is 3. The fourth-order valence-corrected chi connectivity index (χ4v) is 3.45. The van der Waals surface area contributed by atoms with E-state index < -0.39 is 6.09 Å². The van der Waals surface area contributed by atoms with Crippen molar-refractivity contribution in [2.45, 2.75) is 25.7 Å². The van der Waals surface area contributed by atoms with E-state index in [1.54, 1.807) is 24.3 Å². The predicted molar refractivity (Wildman–Crippen MR) is 83.4 cm³/mol. The molecule has 122 valence electrons. The van der Waals surface area contributed by atoms with E-state index in [0.717, 1.165) is 19.3 Å².